The minimum atomic E-state index is -3.51. The van der Waals surface area contributed by atoms with E-state index in [1.165, 1.54) is 18.2 Å². The molecule has 1 unspecified atom stereocenters. The molecule has 26 heavy (non-hydrogen) atoms. The number of halogens is 1. The molecule has 1 saturated carbocycles. The van der Waals surface area contributed by atoms with Crippen LogP contribution in [0, 0.1) is 22.6 Å². The lowest BCUT2D eigenvalue weighted by molar-refractivity contribution is 0.107. The van der Waals surface area contributed by atoms with Crippen LogP contribution in [0.1, 0.15) is 35.6 Å². The Labute approximate surface area is 150 Å². The van der Waals surface area contributed by atoms with Gasteiger partial charge in [0, 0.05) is 28.9 Å². The first kappa shape index (κ1) is 17.0. The number of fused-ring (bicyclic) bond motifs is 1. The van der Waals surface area contributed by atoms with Gasteiger partial charge in [0.05, 0.1) is 22.6 Å². The van der Waals surface area contributed by atoms with Crippen molar-refractivity contribution in [2.45, 2.75) is 30.3 Å². The van der Waals surface area contributed by atoms with Crippen LogP contribution in [0.5, 0.6) is 11.5 Å². The molecule has 0 bridgehead atoms. The Balaban J connectivity index is 1.83. The van der Waals surface area contributed by atoms with E-state index in [2.05, 4.69) is 0 Å². The number of ether oxygens (including phenoxy) is 1. The number of nitriles is 1. The van der Waals surface area contributed by atoms with Crippen LogP contribution in [0.25, 0.3) is 0 Å². The number of nitrogens with zero attached hydrogens (tertiary/aromatic N) is 1. The van der Waals surface area contributed by atoms with Crippen LogP contribution in [0.15, 0.2) is 35.2 Å². The van der Waals surface area contributed by atoms with E-state index in [9.17, 15) is 17.9 Å². The van der Waals surface area contributed by atoms with Crippen molar-refractivity contribution in [1.29, 1.82) is 5.26 Å². The lowest BCUT2D eigenvalue weighted by atomic mass is 10.0. The van der Waals surface area contributed by atoms with E-state index in [0.717, 1.165) is 31.2 Å². The van der Waals surface area contributed by atoms with Gasteiger partial charge in [0.15, 0.2) is 9.84 Å². The second-order valence-electron chi connectivity index (χ2n) is 7.06. The Morgan fingerprint density at radius 2 is 2.04 bits per heavy atom. The highest BCUT2D eigenvalue weighted by Crippen LogP contribution is 2.64. The molecular formula is C19H16FNO4S. The van der Waals surface area contributed by atoms with Gasteiger partial charge in [0.1, 0.15) is 17.3 Å². The Hall–Kier alpha value is -2.43. The van der Waals surface area contributed by atoms with Crippen LogP contribution >= 0.6 is 0 Å². The van der Waals surface area contributed by atoms with Crippen LogP contribution in [-0.2, 0) is 16.3 Å². The summed E-state index contributed by atoms with van der Waals surface area (Å²) in [5, 5.41) is 19.7. The molecule has 4 rings (SSSR count). The standard InChI is InChI=1S/C19H16FNO4S/c1-26(23,24)16-3-2-15(14-9-19(4-5-19)18(22)17(14)16)25-13-7-11(10-21)6-12(20)8-13/h2-3,6-8,18,22H,4-5,9H2,1H3. The third-order valence-electron chi connectivity index (χ3n) is 5.18. The molecule has 0 aromatic heterocycles. The number of hydrogen-bond donors (Lipinski definition) is 1. The summed E-state index contributed by atoms with van der Waals surface area (Å²) in [6.07, 6.45) is 2.42. The number of aliphatic hydroxyl groups excluding tert-OH is 1. The van der Waals surface area contributed by atoms with Gasteiger partial charge in [-0.15, -0.1) is 0 Å². The van der Waals surface area contributed by atoms with Gasteiger partial charge >= 0.3 is 0 Å². The van der Waals surface area contributed by atoms with Crippen molar-refractivity contribution in [1.82, 2.24) is 0 Å². The molecule has 1 spiro atoms. The van der Waals surface area contributed by atoms with Crippen LogP contribution in [0.2, 0.25) is 0 Å². The summed E-state index contributed by atoms with van der Waals surface area (Å²) in [5.41, 5.74) is 0.837. The third-order valence-corrected chi connectivity index (χ3v) is 6.33. The molecule has 2 aromatic carbocycles. The largest absolute Gasteiger partial charge is 0.457 e. The SMILES string of the molecule is CS(=O)(=O)c1ccc(Oc2cc(F)cc(C#N)c2)c2c1C(O)C1(CC1)C2. The quantitative estimate of drug-likeness (QED) is 0.892. The Kier molecular flexibility index (Phi) is 3.62. The van der Waals surface area contributed by atoms with Crippen LogP contribution in [-0.4, -0.2) is 19.8 Å². The Morgan fingerprint density at radius 3 is 2.65 bits per heavy atom. The van der Waals surface area contributed by atoms with Gasteiger partial charge in [-0.25, -0.2) is 12.8 Å². The third kappa shape index (κ3) is 2.66. The highest BCUT2D eigenvalue weighted by Gasteiger charge is 2.56. The Bertz CT molecular complexity index is 1070. The van der Waals surface area contributed by atoms with Gasteiger partial charge in [0.25, 0.3) is 0 Å². The summed E-state index contributed by atoms with van der Waals surface area (Å²) in [5.74, 6) is -0.0612. The molecule has 7 heteroatoms. The average molecular weight is 373 g/mol. The normalized spacial score (nSPS) is 19.8. The fourth-order valence-electron chi connectivity index (χ4n) is 3.70. The molecule has 1 atom stereocenters. The molecule has 0 saturated heterocycles. The first-order valence-corrected chi connectivity index (χ1v) is 10.1. The first-order valence-electron chi connectivity index (χ1n) is 8.16. The van der Waals surface area contributed by atoms with E-state index < -0.39 is 21.8 Å². The lowest BCUT2D eigenvalue weighted by Crippen LogP contribution is -2.10. The van der Waals surface area contributed by atoms with E-state index in [4.69, 9.17) is 10.00 Å². The highest BCUT2D eigenvalue weighted by atomic mass is 32.2. The smallest absolute Gasteiger partial charge is 0.175 e. The van der Waals surface area contributed by atoms with Crippen molar-refractivity contribution < 1.29 is 22.7 Å². The average Bonchev–Trinajstić information content (AvgIpc) is 3.28. The zero-order chi connectivity index (χ0) is 18.7. The summed E-state index contributed by atoms with van der Waals surface area (Å²) in [4.78, 5) is 0.105. The van der Waals surface area contributed by atoms with Crippen LogP contribution < -0.4 is 4.74 Å². The molecule has 2 aliphatic carbocycles. The van der Waals surface area contributed by atoms with Gasteiger partial charge in [-0.05, 0) is 43.5 Å². The van der Waals surface area contributed by atoms with E-state index >= 15 is 0 Å². The van der Waals surface area contributed by atoms with Gasteiger partial charge in [-0.3, -0.25) is 0 Å². The van der Waals surface area contributed by atoms with Gasteiger partial charge in [0.2, 0.25) is 0 Å². The number of rotatable bonds is 3. The summed E-state index contributed by atoms with van der Waals surface area (Å²) >= 11 is 0. The van der Waals surface area contributed by atoms with E-state index in [0.29, 0.717) is 23.3 Å². The number of benzene rings is 2. The molecule has 1 fully saturated rings. The minimum absolute atomic E-state index is 0.105. The summed E-state index contributed by atoms with van der Waals surface area (Å²) < 4.78 is 43.7. The topological polar surface area (TPSA) is 87.4 Å². The van der Waals surface area contributed by atoms with Crippen molar-refractivity contribution in [2.75, 3.05) is 6.26 Å². The molecule has 2 aromatic rings. The monoisotopic (exact) mass is 373 g/mol. The number of hydrogen-bond acceptors (Lipinski definition) is 5. The lowest BCUT2D eigenvalue weighted by Gasteiger charge is -2.16. The second kappa shape index (κ2) is 5.53. The van der Waals surface area contributed by atoms with Crippen molar-refractivity contribution in [2.24, 2.45) is 5.41 Å². The fraction of sp³-hybridized carbons (Fsp3) is 0.316. The van der Waals surface area contributed by atoms with E-state index in [1.54, 1.807) is 0 Å². The maximum atomic E-state index is 13.7. The number of sulfone groups is 1. The van der Waals surface area contributed by atoms with Crippen molar-refractivity contribution in [3.05, 3.63) is 52.8 Å². The van der Waals surface area contributed by atoms with Gasteiger partial charge in [-0.2, -0.15) is 5.26 Å². The molecule has 2 aliphatic rings. The van der Waals surface area contributed by atoms with Crippen molar-refractivity contribution in [3.63, 3.8) is 0 Å². The van der Waals surface area contributed by atoms with Crippen molar-refractivity contribution >= 4 is 9.84 Å². The summed E-state index contributed by atoms with van der Waals surface area (Å²) in [6.45, 7) is 0. The highest BCUT2D eigenvalue weighted by molar-refractivity contribution is 7.90. The Morgan fingerprint density at radius 1 is 1.31 bits per heavy atom. The zero-order valence-corrected chi connectivity index (χ0v) is 14.8. The summed E-state index contributed by atoms with van der Waals surface area (Å²) in [6, 6.07) is 8.49. The van der Waals surface area contributed by atoms with Gasteiger partial charge in [-0.1, -0.05) is 0 Å². The molecular weight excluding hydrogens is 357 g/mol. The molecule has 1 N–H and O–H groups in total. The molecule has 134 valence electrons. The molecule has 0 aliphatic heterocycles. The second-order valence-corrected chi connectivity index (χ2v) is 9.04. The van der Waals surface area contributed by atoms with E-state index in [1.807, 2.05) is 6.07 Å². The van der Waals surface area contributed by atoms with Gasteiger partial charge < -0.3 is 9.84 Å². The molecule has 5 nitrogen and oxygen atoms in total. The minimum Gasteiger partial charge on any atom is -0.457 e. The number of aliphatic hydroxyl groups is 1. The maximum Gasteiger partial charge on any atom is 0.175 e. The maximum absolute atomic E-state index is 13.7. The van der Waals surface area contributed by atoms with Crippen LogP contribution in [0.4, 0.5) is 4.39 Å². The first-order chi connectivity index (χ1) is 12.2. The molecule has 0 radical (unpaired) electrons. The molecule has 0 heterocycles. The van der Waals surface area contributed by atoms with Crippen LogP contribution in [0.3, 0.4) is 0 Å². The zero-order valence-electron chi connectivity index (χ0n) is 14.0. The van der Waals surface area contributed by atoms with Crippen molar-refractivity contribution in [3.8, 4) is 17.6 Å². The fourth-order valence-corrected chi connectivity index (χ4v) is 4.65. The predicted octanol–water partition coefficient (Wildman–Crippen LogP) is 3.26. The molecule has 0 amide bonds. The summed E-state index contributed by atoms with van der Waals surface area (Å²) in [7, 11) is -3.51. The predicted molar refractivity (Wildman–Crippen MR) is 91.1 cm³/mol. The van der Waals surface area contributed by atoms with E-state index in [-0.39, 0.29) is 21.6 Å².